The summed E-state index contributed by atoms with van der Waals surface area (Å²) in [7, 11) is 0. The van der Waals surface area contributed by atoms with Gasteiger partial charge in [0.2, 0.25) is 5.70 Å². The molecule has 5 nitrogen and oxygen atoms in total. The zero-order chi connectivity index (χ0) is 13.1. The number of nitrogens with zero attached hydrogens (tertiary/aromatic N) is 1. The Balaban J connectivity index is 3.94. The third kappa shape index (κ3) is 9.04. The third-order valence-corrected chi connectivity index (χ3v) is 1.90. The van der Waals surface area contributed by atoms with Gasteiger partial charge in [0.15, 0.2) is 0 Å². The molecule has 0 radical (unpaired) electrons. The van der Waals surface area contributed by atoms with Crippen molar-refractivity contribution in [3.63, 3.8) is 0 Å². The topological polar surface area (TPSA) is 80.4 Å². The second-order valence-corrected chi connectivity index (χ2v) is 3.34. The van der Waals surface area contributed by atoms with E-state index in [0.717, 1.165) is 0 Å². The second kappa shape index (κ2) is 9.33. The van der Waals surface area contributed by atoms with E-state index in [1.165, 1.54) is 0 Å². The van der Waals surface area contributed by atoms with Gasteiger partial charge < -0.3 is 5.11 Å². The lowest BCUT2D eigenvalue weighted by Crippen LogP contribution is -1.96. The van der Waals surface area contributed by atoms with Gasteiger partial charge in [-0.3, -0.25) is 14.9 Å². The Hall–Kier alpha value is -1.91. The Morgan fingerprint density at radius 1 is 1.24 bits per heavy atom. The Morgan fingerprint density at radius 3 is 2.29 bits per heavy atom. The van der Waals surface area contributed by atoms with Gasteiger partial charge in [-0.2, -0.15) is 0 Å². The van der Waals surface area contributed by atoms with Crippen LogP contribution in [0.5, 0.6) is 0 Å². The molecule has 0 aliphatic carbocycles. The Bertz CT molecular complexity index is 342. The lowest BCUT2D eigenvalue weighted by Gasteiger charge is -1.92. The number of carboxylic acids is 1. The molecule has 0 saturated carbocycles. The number of hydrogen-bond acceptors (Lipinski definition) is 3. The van der Waals surface area contributed by atoms with Crippen LogP contribution >= 0.6 is 0 Å². The molecule has 0 aliphatic heterocycles. The molecule has 0 fully saturated rings. The smallest absolute Gasteiger partial charge is 0.307 e. The molecule has 0 atom stereocenters. The summed E-state index contributed by atoms with van der Waals surface area (Å²) in [5, 5.41) is 18.9. The average Bonchev–Trinajstić information content (AvgIpc) is 2.25. The molecular formula is C12H17NO4. The zero-order valence-electron chi connectivity index (χ0n) is 9.83. The van der Waals surface area contributed by atoms with E-state index in [1.54, 1.807) is 30.4 Å². The van der Waals surface area contributed by atoms with Gasteiger partial charge in [-0.15, -0.1) is 0 Å². The van der Waals surface area contributed by atoms with Gasteiger partial charge in [-0.05, 0) is 18.9 Å². The van der Waals surface area contributed by atoms with Crippen LogP contribution in [0.1, 0.15) is 32.6 Å². The van der Waals surface area contributed by atoms with Gasteiger partial charge in [-0.1, -0.05) is 31.2 Å². The monoisotopic (exact) mass is 239 g/mol. The third-order valence-electron chi connectivity index (χ3n) is 1.90. The van der Waals surface area contributed by atoms with Gasteiger partial charge in [0.1, 0.15) is 0 Å². The predicted molar refractivity (Wildman–Crippen MR) is 65.1 cm³/mol. The predicted octanol–water partition coefficient (Wildman–Crippen LogP) is 2.92. The summed E-state index contributed by atoms with van der Waals surface area (Å²) in [6.45, 7) is 1.85. The summed E-state index contributed by atoms with van der Waals surface area (Å²) in [4.78, 5) is 20.3. The van der Waals surface area contributed by atoms with Crippen LogP contribution in [0.3, 0.4) is 0 Å². The van der Waals surface area contributed by atoms with Crippen LogP contribution in [0.4, 0.5) is 0 Å². The fourth-order valence-corrected chi connectivity index (χ4v) is 1.13. The number of nitro groups is 1. The summed E-state index contributed by atoms with van der Waals surface area (Å²) < 4.78 is 0. The first-order chi connectivity index (χ1) is 8.07. The number of rotatable bonds is 8. The van der Waals surface area contributed by atoms with Crippen molar-refractivity contribution in [2.24, 2.45) is 0 Å². The molecule has 0 saturated heterocycles. The summed E-state index contributed by atoms with van der Waals surface area (Å²) in [6, 6.07) is 0. The summed E-state index contributed by atoms with van der Waals surface area (Å²) in [5.74, 6) is -0.869. The van der Waals surface area contributed by atoms with Gasteiger partial charge >= 0.3 is 5.97 Å². The Labute approximate surface area is 100 Å². The summed E-state index contributed by atoms with van der Waals surface area (Å²) in [6.07, 6.45) is 9.90. The van der Waals surface area contributed by atoms with Crippen molar-refractivity contribution >= 4 is 5.97 Å². The molecule has 0 amide bonds. The number of hydrogen-bond donors (Lipinski definition) is 1. The average molecular weight is 239 g/mol. The number of allylic oxidation sites excluding steroid dienone is 4. The van der Waals surface area contributed by atoms with E-state index in [2.05, 4.69) is 0 Å². The minimum atomic E-state index is -0.869. The maximum atomic E-state index is 10.6. The maximum absolute atomic E-state index is 10.6. The van der Waals surface area contributed by atoms with E-state index >= 15 is 0 Å². The molecule has 0 aromatic heterocycles. The van der Waals surface area contributed by atoms with E-state index in [9.17, 15) is 14.9 Å². The molecule has 1 N–H and O–H groups in total. The Kier molecular flexibility index (Phi) is 8.28. The number of aliphatic carboxylic acids is 1. The van der Waals surface area contributed by atoms with Crippen molar-refractivity contribution in [1.29, 1.82) is 0 Å². The van der Waals surface area contributed by atoms with Crippen LogP contribution in [0.15, 0.2) is 36.1 Å². The van der Waals surface area contributed by atoms with Gasteiger partial charge in [0.25, 0.3) is 0 Å². The molecule has 0 spiro atoms. The van der Waals surface area contributed by atoms with E-state index in [-0.39, 0.29) is 17.0 Å². The minimum absolute atomic E-state index is 0.00370. The highest BCUT2D eigenvalue weighted by Crippen LogP contribution is 2.05. The van der Waals surface area contributed by atoms with E-state index < -0.39 is 5.97 Å². The van der Waals surface area contributed by atoms with E-state index in [1.807, 2.05) is 6.92 Å². The highest BCUT2D eigenvalue weighted by molar-refractivity contribution is 5.68. The van der Waals surface area contributed by atoms with Crippen molar-refractivity contribution in [3.05, 3.63) is 46.2 Å². The van der Waals surface area contributed by atoms with Crippen molar-refractivity contribution in [2.45, 2.75) is 32.6 Å². The molecule has 0 aromatic carbocycles. The fourth-order valence-electron chi connectivity index (χ4n) is 1.13. The van der Waals surface area contributed by atoms with Gasteiger partial charge in [0, 0.05) is 0 Å². The number of carbonyl (C=O) groups is 1. The number of carboxylic acid groups (broad SMARTS) is 1. The maximum Gasteiger partial charge on any atom is 0.307 e. The van der Waals surface area contributed by atoms with Crippen molar-refractivity contribution < 1.29 is 14.8 Å². The molecule has 0 heterocycles. The highest BCUT2D eigenvalue weighted by Gasteiger charge is 2.05. The first-order valence-electron chi connectivity index (χ1n) is 5.43. The molecular weight excluding hydrogens is 222 g/mol. The minimum Gasteiger partial charge on any atom is -0.481 e. The molecule has 0 aromatic rings. The molecule has 0 aliphatic rings. The van der Waals surface area contributed by atoms with E-state index in [0.29, 0.717) is 19.3 Å². The summed E-state index contributed by atoms with van der Waals surface area (Å²) in [5.41, 5.74) is 0.193. The molecule has 0 rings (SSSR count). The van der Waals surface area contributed by atoms with Crippen molar-refractivity contribution in [2.75, 3.05) is 0 Å². The standard InChI is InChI=1S/C12H17NO4/c1-2-8-11(13(16)17)9-6-4-3-5-7-10-12(14)15/h4-8H,2-3,9-10H2,1H3,(H,14,15)/b6-4-,7-5-,11-8+. The van der Waals surface area contributed by atoms with Crippen molar-refractivity contribution in [3.8, 4) is 0 Å². The molecule has 94 valence electrons. The van der Waals surface area contributed by atoms with Crippen LogP contribution in [0.2, 0.25) is 0 Å². The lowest BCUT2D eigenvalue weighted by atomic mass is 10.2. The molecule has 0 bridgehead atoms. The SMILES string of the molecule is CC/C=C(\C/C=C\C/C=C\CC(=O)O)[N+](=O)[O-]. The van der Waals surface area contributed by atoms with Gasteiger partial charge in [-0.25, -0.2) is 0 Å². The molecule has 17 heavy (non-hydrogen) atoms. The van der Waals surface area contributed by atoms with Crippen LogP contribution in [0.25, 0.3) is 0 Å². The van der Waals surface area contributed by atoms with E-state index in [4.69, 9.17) is 5.11 Å². The zero-order valence-corrected chi connectivity index (χ0v) is 9.83. The fraction of sp³-hybridized carbons (Fsp3) is 0.417. The molecule has 5 heteroatoms. The van der Waals surface area contributed by atoms with Crippen molar-refractivity contribution in [1.82, 2.24) is 0 Å². The normalized spacial score (nSPS) is 12.4. The first kappa shape index (κ1) is 15.1. The van der Waals surface area contributed by atoms with Crippen LogP contribution in [0, 0.1) is 10.1 Å². The quantitative estimate of drug-likeness (QED) is 0.401. The Morgan fingerprint density at radius 2 is 1.82 bits per heavy atom. The largest absolute Gasteiger partial charge is 0.481 e. The molecule has 0 unspecified atom stereocenters. The van der Waals surface area contributed by atoms with Crippen LogP contribution in [-0.4, -0.2) is 16.0 Å². The van der Waals surface area contributed by atoms with Crippen LogP contribution in [-0.2, 0) is 4.79 Å². The first-order valence-corrected chi connectivity index (χ1v) is 5.43. The lowest BCUT2D eigenvalue weighted by molar-refractivity contribution is -0.427. The van der Waals surface area contributed by atoms with Gasteiger partial charge in [0.05, 0.1) is 17.8 Å². The summed E-state index contributed by atoms with van der Waals surface area (Å²) >= 11 is 0. The second-order valence-electron chi connectivity index (χ2n) is 3.34. The highest BCUT2D eigenvalue weighted by atomic mass is 16.6. The van der Waals surface area contributed by atoms with Crippen LogP contribution < -0.4 is 0 Å².